The summed E-state index contributed by atoms with van der Waals surface area (Å²) in [6.07, 6.45) is 6.09. The van der Waals surface area contributed by atoms with Crippen molar-refractivity contribution in [2.45, 2.75) is 46.1 Å². The Morgan fingerprint density at radius 2 is 2.10 bits per heavy atom. The zero-order valence-corrected chi connectivity index (χ0v) is 12.6. The summed E-state index contributed by atoms with van der Waals surface area (Å²) in [6, 6.07) is 1.83. The van der Waals surface area contributed by atoms with Crippen LogP contribution in [0.1, 0.15) is 50.4 Å². The molecule has 1 aliphatic heterocycles. The minimum atomic E-state index is -0.233. The zero-order valence-electron chi connectivity index (χ0n) is 12.6. The van der Waals surface area contributed by atoms with E-state index in [-0.39, 0.29) is 17.3 Å². The molecule has 1 fully saturated rings. The summed E-state index contributed by atoms with van der Waals surface area (Å²) in [6.45, 7) is 7.86. The Labute approximate surface area is 120 Å². The van der Waals surface area contributed by atoms with Gasteiger partial charge in [0.1, 0.15) is 5.75 Å². The molecule has 20 heavy (non-hydrogen) atoms. The van der Waals surface area contributed by atoms with Crippen LogP contribution in [-0.4, -0.2) is 30.0 Å². The molecule has 0 unspecified atom stereocenters. The van der Waals surface area contributed by atoms with Crippen LogP contribution >= 0.6 is 0 Å². The molecule has 110 valence electrons. The van der Waals surface area contributed by atoms with Crippen molar-refractivity contribution >= 4 is 5.78 Å². The smallest absolute Gasteiger partial charge is 0.170 e. The van der Waals surface area contributed by atoms with Gasteiger partial charge in [-0.05, 0) is 52.3 Å². The van der Waals surface area contributed by atoms with Gasteiger partial charge in [0.25, 0.3) is 0 Å². The second-order valence-corrected chi connectivity index (χ2v) is 5.79. The molecule has 1 aromatic rings. The van der Waals surface area contributed by atoms with E-state index in [1.807, 2.05) is 19.9 Å². The Balaban J connectivity index is 2.23. The van der Waals surface area contributed by atoms with E-state index >= 15 is 0 Å². The Morgan fingerprint density at radius 1 is 1.40 bits per heavy atom. The van der Waals surface area contributed by atoms with E-state index in [1.54, 1.807) is 12.4 Å². The van der Waals surface area contributed by atoms with E-state index in [4.69, 9.17) is 4.74 Å². The predicted molar refractivity (Wildman–Crippen MR) is 79.2 cm³/mol. The van der Waals surface area contributed by atoms with E-state index in [2.05, 4.69) is 17.2 Å². The molecule has 1 aliphatic rings. The first-order chi connectivity index (χ1) is 9.57. The maximum Gasteiger partial charge on any atom is 0.170 e. The van der Waals surface area contributed by atoms with Crippen molar-refractivity contribution in [3.8, 4) is 5.75 Å². The maximum absolute atomic E-state index is 12.9. The lowest BCUT2D eigenvalue weighted by atomic mass is 9.71. The standard InChI is InChI=1S/C16H24N2O2/c1-4-16(5-7-17-8-6-16)15(19)13-9-14(11-18-10-13)20-12(2)3/h9-12,17H,4-8H2,1-3H3. The molecule has 1 aromatic heterocycles. The molecule has 4 nitrogen and oxygen atoms in total. The molecular formula is C16H24N2O2. The summed E-state index contributed by atoms with van der Waals surface area (Å²) >= 11 is 0. The monoisotopic (exact) mass is 276 g/mol. The number of carbonyl (C=O) groups excluding carboxylic acids is 1. The summed E-state index contributed by atoms with van der Waals surface area (Å²) in [4.78, 5) is 17.0. The van der Waals surface area contributed by atoms with Gasteiger partial charge in [0, 0.05) is 17.2 Å². The minimum absolute atomic E-state index is 0.0844. The molecule has 0 aliphatic carbocycles. The fourth-order valence-corrected chi connectivity index (χ4v) is 2.83. The number of pyridine rings is 1. The number of nitrogens with zero attached hydrogens (tertiary/aromatic N) is 1. The van der Waals surface area contributed by atoms with E-state index in [9.17, 15) is 4.79 Å². The third kappa shape index (κ3) is 3.18. The number of carbonyl (C=O) groups is 1. The molecule has 0 spiro atoms. The molecule has 1 N–H and O–H groups in total. The van der Waals surface area contributed by atoms with Crippen LogP contribution in [0.5, 0.6) is 5.75 Å². The van der Waals surface area contributed by atoms with E-state index in [1.165, 1.54) is 0 Å². The summed E-state index contributed by atoms with van der Waals surface area (Å²) < 4.78 is 5.63. The largest absolute Gasteiger partial charge is 0.489 e. The van der Waals surface area contributed by atoms with Gasteiger partial charge in [-0.2, -0.15) is 0 Å². The van der Waals surface area contributed by atoms with E-state index in [0.29, 0.717) is 11.3 Å². The first kappa shape index (κ1) is 15.0. The Bertz CT molecular complexity index is 465. The van der Waals surface area contributed by atoms with Gasteiger partial charge >= 0.3 is 0 Å². The van der Waals surface area contributed by atoms with E-state index in [0.717, 1.165) is 32.4 Å². The number of hydrogen-bond donors (Lipinski definition) is 1. The number of hydrogen-bond acceptors (Lipinski definition) is 4. The van der Waals surface area contributed by atoms with E-state index < -0.39 is 0 Å². The third-order valence-electron chi connectivity index (χ3n) is 4.07. The summed E-state index contributed by atoms with van der Waals surface area (Å²) in [5.74, 6) is 0.884. The van der Waals surface area contributed by atoms with Crippen molar-refractivity contribution in [2.75, 3.05) is 13.1 Å². The molecule has 4 heteroatoms. The molecule has 1 saturated heterocycles. The van der Waals surface area contributed by atoms with Crippen LogP contribution in [0.2, 0.25) is 0 Å². The molecule has 0 bridgehead atoms. The van der Waals surface area contributed by atoms with Crippen LogP contribution in [0.25, 0.3) is 0 Å². The summed E-state index contributed by atoms with van der Waals surface area (Å²) in [7, 11) is 0. The molecule has 0 aromatic carbocycles. The van der Waals surface area contributed by atoms with Crippen molar-refractivity contribution in [3.05, 3.63) is 24.0 Å². The molecule has 2 rings (SSSR count). The van der Waals surface area contributed by atoms with Gasteiger partial charge in [0.15, 0.2) is 5.78 Å². The summed E-state index contributed by atoms with van der Waals surface area (Å²) in [5, 5.41) is 3.33. The molecule has 0 atom stereocenters. The Kier molecular flexibility index (Phi) is 4.76. The normalized spacial score (nSPS) is 18.0. The number of ketones is 1. The first-order valence-electron chi connectivity index (χ1n) is 7.44. The van der Waals surface area contributed by atoms with Crippen molar-refractivity contribution in [1.29, 1.82) is 0 Å². The zero-order chi connectivity index (χ0) is 14.6. The highest BCUT2D eigenvalue weighted by Gasteiger charge is 2.38. The quantitative estimate of drug-likeness (QED) is 0.840. The molecule has 0 amide bonds. The number of Topliss-reactive ketones (excluding diaryl/α,β-unsaturated/α-hetero) is 1. The lowest BCUT2D eigenvalue weighted by Gasteiger charge is -2.35. The van der Waals surface area contributed by atoms with Crippen LogP contribution in [0.15, 0.2) is 18.5 Å². The number of nitrogens with one attached hydrogen (secondary N) is 1. The number of aromatic nitrogens is 1. The second kappa shape index (κ2) is 6.35. The molecule has 2 heterocycles. The minimum Gasteiger partial charge on any atom is -0.489 e. The second-order valence-electron chi connectivity index (χ2n) is 5.79. The highest BCUT2D eigenvalue weighted by atomic mass is 16.5. The fourth-order valence-electron chi connectivity index (χ4n) is 2.83. The SMILES string of the molecule is CCC1(C(=O)c2cncc(OC(C)C)c2)CCNCC1. The third-order valence-corrected chi connectivity index (χ3v) is 4.07. The molecular weight excluding hydrogens is 252 g/mol. The lowest BCUT2D eigenvalue weighted by molar-refractivity contribution is 0.0716. The van der Waals surface area contributed by atoms with Gasteiger partial charge < -0.3 is 10.1 Å². The van der Waals surface area contributed by atoms with Crippen LogP contribution in [0.3, 0.4) is 0 Å². The van der Waals surface area contributed by atoms with Crippen molar-refractivity contribution in [2.24, 2.45) is 5.41 Å². The topological polar surface area (TPSA) is 51.2 Å². The lowest BCUT2D eigenvalue weighted by Crippen LogP contribution is -2.41. The first-order valence-corrected chi connectivity index (χ1v) is 7.44. The van der Waals surface area contributed by atoms with Crippen LogP contribution < -0.4 is 10.1 Å². The molecule has 0 radical (unpaired) electrons. The average Bonchev–Trinajstić information content (AvgIpc) is 2.47. The Hall–Kier alpha value is -1.42. The number of ether oxygens (including phenoxy) is 1. The van der Waals surface area contributed by atoms with Gasteiger partial charge in [0.05, 0.1) is 12.3 Å². The van der Waals surface area contributed by atoms with Crippen LogP contribution in [-0.2, 0) is 0 Å². The van der Waals surface area contributed by atoms with Gasteiger partial charge in [-0.3, -0.25) is 9.78 Å². The average molecular weight is 276 g/mol. The highest BCUT2D eigenvalue weighted by molar-refractivity contribution is 6.00. The van der Waals surface area contributed by atoms with Gasteiger partial charge in [0.2, 0.25) is 0 Å². The Morgan fingerprint density at radius 3 is 2.70 bits per heavy atom. The predicted octanol–water partition coefficient (Wildman–Crippen LogP) is 2.83. The fraction of sp³-hybridized carbons (Fsp3) is 0.625. The van der Waals surface area contributed by atoms with Crippen LogP contribution in [0.4, 0.5) is 0 Å². The highest BCUT2D eigenvalue weighted by Crippen LogP contribution is 2.36. The van der Waals surface area contributed by atoms with Crippen molar-refractivity contribution in [1.82, 2.24) is 10.3 Å². The molecule has 0 saturated carbocycles. The van der Waals surface area contributed by atoms with Gasteiger partial charge in [-0.25, -0.2) is 0 Å². The van der Waals surface area contributed by atoms with Crippen LogP contribution in [0, 0.1) is 5.41 Å². The van der Waals surface area contributed by atoms with Gasteiger partial charge in [-0.15, -0.1) is 0 Å². The van der Waals surface area contributed by atoms with Crippen molar-refractivity contribution < 1.29 is 9.53 Å². The van der Waals surface area contributed by atoms with Crippen molar-refractivity contribution in [3.63, 3.8) is 0 Å². The number of rotatable bonds is 5. The summed E-state index contributed by atoms with van der Waals surface area (Å²) in [5.41, 5.74) is 0.440. The maximum atomic E-state index is 12.9. The number of piperidine rings is 1. The van der Waals surface area contributed by atoms with Gasteiger partial charge in [-0.1, -0.05) is 6.92 Å².